The molecule has 0 aliphatic heterocycles. The predicted molar refractivity (Wildman–Crippen MR) is 87.0 cm³/mol. The Bertz CT molecular complexity index is 487. The molecule has 1 aliphatic carbocycles. The van der Waals surface area contributed by atoms with Crippen LogP contribution in [0.5, 0.6) is 0 Å². The molecule has 1 aromatic heterocycles. The van der Waals surface area contributed by atoms with Gasteiger partial charge in [0.25, 0.3) is 0 Å². The predicted octanol–water partition coefficient (Wildman–Crippen LogP) is 1.85. The number of aromatic nitrogens is 1. The van der Waals surface area contributed by atoms with E-state index in [9.17, 15) is 4.79 Å². The summed E-state index contributed by atoms with van der Waals surface area (Å²) in [6.07, 6.45) is 8.09. The van der Waals surface area contributed by atoms with Gasteiger partial charge < -0.3 is 10.4 Å². The van der Waals surface area contributed by atoms with E-state index in [1.54, 1.807) is 0 Å². The molecule has 0 spiro atoms. The van der Waals surface area contributed by atoms with Gasteiger partial charge in [0.1, 0.15) is 0 Å². The van der Waals surface area contributed by atoms with E-state index in [1.165, 1.54) is 11.1 Å². The third-order valence-electron chi connectivity index (χ3n) is 4.58. The summed E-state index contributed by atoms with van der Waals surface area (Å²) in [5, 5.41) is 12.5. The second-order valence-electron chi connectivity index (χ2n) is 6.14. The number of nitrogens with zero attached hydrogens (tertiary/aromatic N) is 2. The Kier molecular flexibility index (Phi) is 6.34. The fraction of sp³-hybridized carbons (Fsp3) is 0.647. The quantitative estimate of drug-likeness (QED) is 0.682. The van der Waals surface area contributed by atoms with E-state index in [2.05, 4.69) is 28.2 Å². The zero-order valence-corrected chi connectivity index (χ0v) is 13.6. The molecule has 1 aromatic rings. The van der Waals surface area contributed by atoms with Crippen molar-refractivity contribution in [2.75, 3.05) is 19.6 Å². The van der Waals surface area contributed by atoms with Crippen molar-refractivity contribution in [1.82, 2.24) is 15.2 Å². The van der Waals surface area contributed by atoms with Gasteiger partial charge in [0.15, 0.2) is 0 Å². The minimum Gasteiger partial charge on any atom is -0.480 e. The van der Waals surface area contributed by atoms with Crippen LogP contribution in [0.3, 0.4) is 0 Å². The van der Waals surface area contributed by atoms with Crippen molar-refractivity contribution in [2.24, 2.45) is 0 Å². The number of hydrogen-bond donors (Lipinski definition) is 2. The highest BCUT2D eigenvalue weighted by Crippen LogP contribution is 2.25. The van der Waals surface area contributed by atoms with E-state index < -0.39 is 5.97 Å². The maximum Gasteiger partial charge on any atom is 0.317 e. The molecule has 1 heterocycles. The first kappa shape index (κ1) is 16.9. The van der Waals surface area contributed by atoms with E-state index in [0.29, 0.717) is 12.1 Å². The fourth-order valence-electron chi connectivity index (χ4n) is 3.07. The maximum absolute atomic E-state index is 10.8. The first-order chi connectivity index (χ1) is 10.6. The van der Waals surface area contributed by atoms with Gasteiger partial charge in [-0.2, -0.15) is 0 Å². The zero-order valence-electron chi connectivity index (χ0n) is 13.6. The lowest BCUT2D eigenvalue weighted by molar-refractivity contribution is -0.139. The molecule has 2 N–H and O–H groups in total. The van der Waals surface area contributed by atoms with Crippen molar-refractivity contribution in [1.29, 1.82) is 0 Å². The topological polar surface area (TPSA) is 65.5 Å². The molecule has 0 unspecified atom stereocenters. The number of rotatable bonds is 9. The van der Waals surface area contributed by atoms with Crippen LogP contribution >= 0.6 is 0 Å². The van der Waals surface area contributed by atoms with Crippen LogP contribution < -0.4 is 5.32 Å². The molecule has 2 rings (SSSR count). The average Bonchev–Trinajstić information content (AvgIpc) is 2.44. The zero-order chi connectivity index (χ0) is 15.9. The largest absolute Gasteiger partial charge is 0.480 e. The Morgan fingerprint density at radius 1 is 1.50 bits per heavy atom. The molecule has 5 nitrogen and oxygen atoms in total. The Morgan fingerprint density at radius 2 is 2.27 bits per heavy atom. The van der Waals surface area contributed by atoms with E-state index in [-0.39, 0.29) is 6.54 Å². The van der Waals surface area contributed by atoms with Gasteiger partial charge in [-0.1, -0.05) is 6.92 Å². The van der Waals surface area contributed by atoms with Crippen LogP contribution in [0.1, 0.15) is 37.3 Å². The molecular formula is C17H27N3O2. The standard InChI is InChI=1S/C17H27N3O2/c1-3-20(12-17(21)22)16-9-15(10-16)19-7-4-5-14-11-18-8-6-13(14)2/h6,8,11,15-16,19H,3-5,7,9-10,12H2,1-2H3,(H,21,22). The molecule has 0 saturated heterocycles. The van der Waals surface area contributed by atoms with Gasteiger partial charge in [-0.3, -0.25) is 14.7 Å². The van der Waals surface area contributed by atoms with Crippen LogP contribution in [0.4, 0.5) is 0 Å². The monoisotopic (exact) mass is 305 g/mol. The van der Waals surface area contributed by atoms with Crippen LogP contribution in [0.2, 0.25) is 0 Å². The summed E-state index contributed by atoms with van der Waals surface area (Å²) in [5.74, 6) is -0.731. The lowest BCUT2D eigenvalue weighted by atomic mass is 9.85. The van der Waals surface area contributed by atoms with Gasteiger partial charge in [-0.15, -0.1) is 0 Å². The second-order valence-corrected chi connectivity index (χ2v) is 6.14. The lowest BCUT2D eigenvalue weighted by Gasteiger charge is -2.42. The number of hydrogen-bond acceptors (Lipinski definition) is 4. The highest BCUT2D eigenvalue weighted by Gasteiger charge is 2.33. The number of carboxylic acid groups (broad SMARTS) is 1. The molecule has 0 radical (unpaired) electrons. The summed E-state index contributed by atoms with van der Waals surface area (Å²) >= 11 is 0. The third kappa shape index (κ3) is 4.78. The summed E-state index contributed by atoms with van der Waals surface area (Å²) < 4.78 is 0. The molecule has 1 aliphatic rings. The molecule has 122 valence electrons. The van der Waals surface area contributed by atoms with Crippen molar-refractivity contribution in [2.45, 2.75) is 51.6 Å². The Hall–Kier alpha value is -1.46. The minimum absolute atomic E-state index is 0.161. The van der Waals surface area contributed by atoms with E-state index >= 15 is 0 Å². The third-order valence-corrected chi connectivity index (χ3v) is 4.58. The normalized spacial score (nSPS) is 20.9. The van der Waals surface area contributed by atoms with Crippen LogP contribution in [0.15, 0.2) is 18.5 Å². The number of carbonyl (C=O) groups is 1. The Labute approximate surface area is 132 Å². The van der Waals surface area contributed by atoms with E-state index in [4.69, 9.17) is 5.11 Å². The summed E-state index contributed by atoms with van der Waals surface area (Å²) in [5.41, 5.74) is 2.64. The molecule has 1 fully saturated rings. The van der Waals surface area contributed by atoms with Crippen LogP contribution in [-0.2, 0) is 11.2 Å². The van der Waals surface area contributed by atoms with Crippen molar-refractivity contribution in [3.05, 3.63) is 29.6 Å². The highest BCUT2D eigenvalue weighted by atomic mass is 16.4. The van der Waals surface area contributed by atoms with Gasteiger partial charge in [0, 0.05) is 24.5 Å². The number of aliphatic carboxylic acids is 1. The van der Waals surface area contributed by atoms with Crippen molar-refractivity contribution in [3.63, 3.8) is 0 Å². The van der Waals surface area contributed by atoms with Crippen LogP contribution in [0, 0.1) is 6.92 Å². The molecule has 0 atom stereocenters. The minimum atomic E-state index is -0.731. The lowest BCUT2D eigenvalue weighted by Crippen LogP contribution is -2.53. The van der Waals surface area contributed by atoms with Gasteiger partial charge >= 0.3 is 5.97 Å². The Morgan fingerprint density at radius 3 is 2.91 bits per heavy atom. The number of aryl methyl sites for hydroxylation is 2. The Balaban J connectivity index is 1.60. The van der Waals surface area contributed by atoms with Crippen molar-refractivity contribution >= 4 is 5.97 Å². The fourth-order valence-corrected chi connectivity index (χ4v) is 3.07. The average molecular weight is 305 g/mol. The van der Waals surface area contributed by atoms with Crippen LogP contribution in [0.25, 0.3) is 0 Å². The van der Waals surface area contributed by atoms with E-state index in [0.717, 1.165) is 38.8 Å². The first-order valence-corrected chi connectivity index (χ1v) is 8.18. The summed E-state index contributed by atoms with van der Waals surface area (Å²) in [7, 11) is 0. The van der Waals surface area contributed by atoms with Crippen molar-refractivity contribution < 1.29 is 9.90 Å². The summed E-state index contributed by atoms with van der Waals surface area (Å²) in [4.78, 5) is 17.0. The number of likely N-dealkylation sites (N-methyl/N-ethyl adjacent to an activating group) is 1. The molecule has 22 heavy (non-hydrogen) atoms. The molecule has 1 saturated carbocycles. The first-order valence-electron chi connectivity index (χ1n) is 8.18. The highest BCUT2D eigenvalue weighted by molar-refractivity contribution is 5.69. The molecule has 5 heteroatoms. The molecule has 0 bridgehead atoms. The van der Waals surface area contributed by atoms with Gasteiger partial charge in [-0.25, -0.2) is 0 Å². The molecule has 0 amide bonds. The van der Waals surface area contributed by atoms with Gasteiger partial charge in [-0.05, 0) is 62.9 Å². The van der Waals surface area contributed by atoms with Gasteiger partial charge in [0.2, 0.25) is 0 Å². The number of carboxylic acids is 1. The number of pyridine rings is 1. The number of nitrogens with one attached hydrogen (secondary N) is 1. The van der Waals surface area contributed by atoms with Crippen LogP contribution in [-0.4, -0.2) is 52.7 Å². The molecule has 0 aromatic carbocycles. The maximum atomic E-state index is 10.8. The van der Waals surface area contributed by atoms with Gasteiger partial charge in [0.05, 0.1) is 6.54 Å². The summed E-state index contributed by atoms with van der Waals surface area (Å²) in [6.45, 7) is 6.14. The van der Waals surface area contributed by atoms with E-state index in [1.807, 2.05) is 19.3 Å². The smallest absolute Gasteiger partial charge is 0.317 e. The second kappa shape index (κ2) is 8.25. The SMILES string of the molecule is CCN(CC(=O)O)C1CC(NCCCc2cnccc2C)C1. The molecular weight excluding hydrogens is 278 g/mol. The summed E-state index contributed by atoms with van der Waals surface area (Å²) in [6, 6.07) is 3.03. The van der Waals surface area contributed by atoms with Crippen molar-refractivity contribution in [3.8, 4) is 0 Å².